The normalized spacial score (nSPS) is 19.6. The summed E-state index contributed by atoms with van der Waals surface area (Å²) in [6.07, 6.45) is 3.84. The maximum Gasteiger partial charge on any atom is 0.201 e. The first-order valence-electron chi connectivity index (χ1n) is 6.06. The van der Waals surface area contributed by atoms with Crippen LogP contribution in [0.3, 0.4) is 0 Å². The van der Waals surface area contributed by atoms with Gasteiger partial charge in [0.05, 0.1) is 5.25 Å². The summed E-state index contributed by atoms with van der Waals surface area (Å²) < 4.78 is 26.2. The van der Waals surface area contributed by atoms with Crippen molar-refractivity contribution in [3.8, 4) is 0 Å². The molecule has 0 amide bonds. The fraction of sp³-hybridized carbons (Fsp3) is 0.455. The lowest BCUT2D eigenvalue weighted by Crippen LogP contribution is -2.45. The predicted molar refractivity (Wildman–Crippen MR) is 76.7 cm³/mol. The zero-order chi connectivity index (χ0) is 15.1. The number of sulfone groups is 1. The summed E-state index contributed by atoms with van der Waals surface area (Å²) >= 11 is 0. The van der Waals surface area contributed by atoms with Crippen LogP contribution in [0.4, 0.5) is 5.69 Å². The first-order chi connectivity index (χ1) is 9.25. The quantitative estimate of drug-likeness (QED) is 0.779. The number of anilines is 1. The highest BCUT2D eigenvalue weighted by atomic mass is 32.2. The summed E-state index contributed by atoms with van der Waals surface area (Å²) in [5.74, 6) is 0.320. The molecule has 0 aromatic carbocycles. The van der Waals surface area contributed by atoms with Crippen LogP contribution in [0.25, 0.3) is 0 Å². The molecule has 0 aliphatic carbocycles. The molecule has 8 nitrogen and oxygen atoms in total. The van der Waals surface area contributed by atoms with E-state index in [1.165, 1.54) is 15.8 Å². The Morgan fingerprint density at radius 1 is 1.40 bits per heavy atom. The Balaban J connectivity index is 2.60. The number of nitrogens with zero attached hydrogens (tertiary/aromatic N) is 4. The fourth-order valence-corrected chi connectivity index (χ4v) is 2.97. The van der Waals surface area contributed by atoms with Gasteiger partial charge in [0.25, 0.3) is 0 Å². The van der Waals surface area contributed by atoms with Crippen LogP contribution in [0, 0.1) is 0 Å². The molecule has 1 aliphatic heterocycles. The van der Waals surface area contributed by atoms with Gasteiger partial charge in [-0.25, -0.2) is 8.42 Å². The maximum absolute atomic E-state index is 12.4. The second-order valence-corrected chi connectivity index (χ2v) is 7.18. The molecule has 110 valence electrons. The number of aryl methyl sites for hydroxylation is 1. The third kappa shape index (κ3) is 2.29. The van der Waals surface area contributed by atoms with E-state index in [9.17, 15) is 8.42 Å². The summed E-state index contributed by atoms with van der Waals surface area (Å²) in [7, 11) is -1.91. The minimum absolute atomic E-state index is 0.0427. The van der Waals surface area contributed by atoms with Gasteiger partial charge in [-0.2, -0.15) is 5.10 Å². The highest BCUT2D eigenvalue weighted by molar-refractivity contribution is 7.92. The Morgan fingerprint density at radius 2 is 2.05 bits per heavy atom. The number of rotatable bonds is 3. The SMILES string of the molecule is CC(C)S(=O)(=O)c1nn(C)cc1N1C(N)=CC=NC1N. The van der Waals surface area contributed by atoms with Gasteiger partial charge in [-0.05, 0) is 19.9 Å². The van der Waals surface area contributed by atoms with Gasteiger partial charge < -0.3 is 5.73 Å². The number of hydrogen-bond acceptors (Lipinski definition) is 7. The molecule has 0 radical (unpaired) electrons. The van der Waals surface area contributed by atoms with Crippen molar-refractivity contribution in [2.24, 2.45) is 23.5 Å². The number of aliphatic imine (C=N–C) groups is 1. The number of aromatic nitrogens is 2. The molecular formula is C11H18N6O2S. The minimum Gasteiger partial charge on any atom is -0.385 e. The van der Waals surface area contributed by atoms with Crippen molar-refractivity contribution in [2.45, 2.75) is 30.4 Å². The topological polar surface area (TPSA) is 120 Å². The van der Waals surface area contributed by atoms with E-state index in [4.69, 9.17) is 11.5 Å². The second-order valence-electron chi connectivity index (χ2n) is 4.76. The van der Waals surface area contributed by atoms with Crippen LogP contribution in [0.1, 0.15) is 13.8 Å². The molecule has 1 aromatic heterocycles. The van der Waals surface area contributed by atoms with Crippen molar-refractivity contribution < 1.29 is 8.42 Å². The van der Waals surface area contributed by atoms with Gasteiger partial charge in [0.2, 0.25) is 14.9 Å². The molecule has 0 bridgehead atoms. The molecule has 9 heteroatoms. The van der Waals surface area contributed by atoms with E-state index in [1.54, 1.807) is 33.2 Å². The standard InChI is InChI=1S/C11H18N6O2S/c1-7(2)20(18,19)10-8(6-16(3)15-10)17-9(12)4-5-14-11(17)13/h4-7,11H,12-13H2,1-3H3. The van der Waals surface area contributed by atoms with Crippen LogP contribution in [0.5, 0.6) is 0 Å². The van der Waals surface area contributed by atoms with Gasteiger partial charge in [-0.15, -0.1) is 0 Å². The summed E-state index contributed by atoms with van der Waals surface area (Å²) in [6.45, 7) is 3.20. The molecule has 0 fully saturated rings. The van der Waals surface area contributed by atoms with Gasteiger partial charge in [0.1, 0.15) is 11.5 Å². The van der Waals surface area contributed by atoms with E-state index in [2.05, 4.69) is 10.1 Å². The molecule has 0 spiro atoms. The Labute approximate surface area is 117 Å². The lowest BCUT2D eigenvalue weighted by molar-refractivity contribution is 0.578. The maximum atomic E-state index is 12.4. The van der Waals surface area contributed by atoms with Crippen molar-refractivity contribution in [2.75, 3.05) is 4.90 Å². The molecule has 1 aromatic rings. The Morgan fingerprint density at radius 3 is 2.60 bits per heavy atom. The van der Waals surface area contributed by atoms with E-state index in [-0.39, 0.29) is 5.03 Å². The van der Waals surface area contributed by atoms with E-state index in [0.717, 1.165) is 0 Å². The molecule has 2 heterocycles. The van der Waals surface area contributed by atoms with Crippen LogP contribution in [0.15, 0.2) is 28.1 Å². The molecule has 4 N–H and O–H groups in total. The van der Waals surface area contributed by atoms with Crippen LogP contribution >= 0.6 is 0 Å². The number of nitrogens with two attached hydrogens (primary N) is 2. The van der Waals surface area contributed by atoms with Crippen molar-refractivity contribution in [3.63, 3.8) is 0 Å². The molecular weight excluding hydrogens is 280 g/mol. The monoisotopic (exact) mass is 298 g/mol. The zero-order valence-corrected chi connectivity index (χ0v) is 12.4. The zero-order valence-electron chi connectivity index (χ0n) is 11.6. The average Bonchev–Trinajstić information content (AvgIpc) is 2.71. The molecule has 2 rings (SSSR count). The lowest BCUT2D eigenvalue weighted by Gasteiger charge is -2.29. The van der Waals surface area contributed by atoms with Gasteiger partial charge in [0.15, 0.2) is 6.29 Å². The third-order valence-corrected chi connectivity index (χ3v) is 5.02. The smallest absolute Gasteiger partial charge is 0.201 e. The van der Waals surface area contributed by atoms with Crippen LogP contribution in [-0.2, 0) is 16.9 Å². The van der Waals surface area contributed by atoms with Gasteiger partial charge in [0, 0.05) is 19.5 Å². The summed E-state index contributed by atoms with van der Waals surface area (Å²) in [5.41, 5.74) is 12.1. The minimum atomic E-state index is -3.55. The van der Waals surface area contributed by atoms with E-state index in [1.807, 2.05) is 0 Å². The first kappa shape index (κ1) is 14.5. The lowest BCUT2D eigenvalue weighted by atomic mass is 10.4. The van der Waals surface area contributed by atoms with E-state index >= 15 is 0 Å². The van der Waals surface area contributed by atoms with Gasteiger partial charge in [-0.1, -0.05) is 0 Å². The largest absolute Gasteiger partial charge is 0.385 e. The van der Waals surface area contributed by atoms with Crippen molar-refractivity contribution in [3.05, 3.63) is 18.1 Å². The van der Waals surface area contributed by atoms with E-state index < -0.39 is 21.4 Å². The van der Waals surface area contributed by atoms with Crippen molar-refractivity contribution >= 4 is 21.7 Å². The van der Waals surface area contributed by atoms with Crippen LogP contribution in [0.2, 0.25) is 0 Å². The summed E-state index contributed by atoms with van der Waals surface area (Å²) in [6, 6.07) is 0. The Hall–Kier alpha value is -1.87. The highest BCUT2D eigenvalue weighted by Crippen LogP contribution is 2.29. The van der Waals surface area contributed by atoms with Gasteiger partial charge >= 0.3 is 0 Å². The Bertz CT molecular complexity index is 673. The average molecular weight is 298 g/mol. The number of allylic oxidation sites excluding steroid dienone is 1. The first-order valence-corrected chi connectivity index (χ1v) is 7.61. The fourth-order valence-electron chi connectivity index (χ4n) is 1.84. The molecule has 1 aliphatic rings. The molecule has 1 atom stereocenters. The molecule has 20 heavy (non-hydrogen) atoms. The summed E-state index contributed by atoms with van der Waals surface area (Å²) in [4.78, 5) is 5.45. The highest BCUT2D eigenvalue weighted by Gasteiger charge is 2.32. The van der Waals surface area contributed by atoms with Crippen LogP contribution in [-0.4, -0.2) is 36.0 Å². The second kappa shape index (κ2) is 4.91. The Kier molecular flexibility index (Phi) is 3.57. The molecule has 0 saturated carbocycles. The number of hydrogen-bond donors (Lipinski definition) is 2. The van der Waals surface area contributed by atoms with Crippen molar-refractivity contribution in [1.29, 1.82) is 0 Å². The molecule has 0 saturated heterocycles. The summed E-state index contributed by atoms with van der Waals surface area (Å²) in [5, 5.41) is 3.41. The third-order valence-electron chi connectivity index (χ3n) is 2.95. The van der Waals surface area contributed by atoms with Crippen molar-refractivity contribution in [1.82, 2.24) is 9.78 Å². The van der Waals surface area contributed by atoms with E-state index in [0.29, 0.717) is 11.5 Å². The molecule has 1 unspecified atom stereocenters. The van der Waals surface area contributed by atoms with Crippen LogP contribution < -0.4 is 16.4 Å². The predicted octanol–water partition coefficient (Wildman–Crippen LogP) is -0.465. The van der Waals surface area contributed by atoms with Gasteiger partial charge in [-0.3, -0.25) is 20.3 Å².